The Hall–Kier alpha value is -2.33. The zero-order valence-corrected chi connectivity index (χ0v) is 13.5. The van der Waals surface area contributed by atoms with Crippen LogP contribution in [0.3, 0.4) is 0 Å². The van der Waals surface area contributed by atoms with Crippen molar-refractivity contribution in [3.05, 3.63) is 64.7 Å². The lowest BCUT2D eigenvalue weighted by atomic mass is 10.0. The predicted octanol–water partition coefficient (Wildman–Crippen LogP) is 3.72. The number of hydrogen-bond acceptors (Lipinski definition) is 2. The fourth-order valence-electron chi connectivity index (χ4n) is 2.61. The van der Waals surface area contributed by atoms with Gasteiger partial charge in [0.25, 0.3) is 5.91 Å². The SMILES string of the molecule is CC(=O)Nc1cccc(C(=O)NC2(c3ccc(Cl)cc3)CC2)c1. The van der Waals surface area contributed by atoms with Crippen LogP contribution in [0.1, 0.15) is 35.7 Å². The lowest BCUT2D eigenvalue weighted by Gasteiger charge is -2.18. The summed E-state index contributed by atoms with van der Waals surface area (Å²) in [4.78, 5) is 23.7. The molecule has 2 aromatic carbocycles. The normalized spacial score (nSPS) is 14.9. The van der Waals surface area contributed by atoms with Gasteiger partial charge in [-0.15, -0.1) is 0 Å². The molecule has 2 N–H and O–H groups in total. The number of anilines is 1. The summed E-state index contributed by atoms with van der Waals surface area (Å²) < 4.78 is 0. The van der Waals surface area contributed by atoms with E-state index < -0.39 is 0 Å². The van der Waals surface area contributed by atoms with Crippen molar-refractivity contribution >= 4 is 29.1 Å². The van der Waals surface area contributed by atoms with Gasteiger partial charge in [0.2, 0.25) is 5.91 Å². The van der Waals surface area contributed by atoms with Gasteiger partial charge < -0.3 is 10.6 Å². The Morgan fingerprint density at radius 1 is 1.09 bits per heavy atom. The van der Waals surface area contributed by atoms with Gasteiger partial charge in [0.05, 0.1) is 5.54 Å². The Kier molecular flexibility index (Phi) is 4.09. The summed E-state index contributed by atoms with van der Waals surface area (Å²) in [5.41, 5.74) is 1.90. The third kappa shape index (κ3) is 3.54. The first-order valence-electron chi connectivity index (χ1n) is 7.45. The number of carbonyl (C=O) groups is 2. The molecule has 1 saturated carbocycles. The van der Waals surface area contributed by atoms with Crippen molar-refractivity contribution in [1.82, 2.24) is 5.32 Å². The van der Waals surface area contributed by atoms with Crippen LogP contribution in [0, 0.1) is 0 Å². The van der Waals surface area contributed by atoms with Gasteiger partial charge in [0.1, 0.15) is 0 Å². The van der Waals surface area contributed by atoms with Gasteiger partial charge in [0, 0.05) is 23.2 Å². The minimum atomic E-state index is -0.300. The van der Waals surface area contributed by atoms with Crippen molar-refractivity contribution in [2.45, 2.75) is 25.3 Å². The number of hydrogen-bond donors (Lipinski definition) is 2. The van der Waals surface area contributed by atoms with Gasteiger partial charge in [-0.3, -0.25) is 9.59 Å². The van der Waals surface area contributed by atoms with E-state index in [1.807, 2.05) is 24.3 Å². The molecule has 0 saturated heterocycles. The zero-order valence-electron chi connectivity index (χ0n) is 12.7. The van der Waals surface area contributed by atoms with E-state index >= 15 is 0 Å². The molecule has 0 aromatic heterocycles. The molecule has 0 bridgehead atoms. The highest BCUT2D eigenvalue weighted by atomic mass is 35.5. The second-order valence-corrected chi connectivity index (χ2v) is 6.24. The second-order valence-electron chi connectivity index (χ2n) is 5.81. The molecule has 1 aliphatic rings. The van der Waals surface area contributed by atoms with Crippen molar-refractivity contribution in [3.8, 4) is 0 Å². The number of benzene rings is 2. The molecule has 4 nitrogen and oxygen atoms in total. The number of nitrogens with one attached hydrogen (secondary N) is 2. The smallest absolute Gasteiger partial charge is 0.252 e. The minimum absolute atomic E-state index is 0.148. The molecule has 0 unspecified atom stereocenters. The quantitative estimate of drug-likeness (QED) is 0.898. The third-order valence-corrected chi connectivity index (χ3v) is 4.20. The Morgan fingerprint density at radius 2 is 1.78 bits per heavy atom. The largest absolute Gasteiger partial charge is 0.343 e. The highest BCUT2D eigenvalue weighted by Gasteiger charge is 2.45. The van der Waals surface area contributed by atoms with Crippen LogP contribution < -0.4 is 10.6 Å². The first-order valence-corrected chi connectivity index (χ1v) is 7.83. The monoisotopic (exact) mass is 328 g/mol. The maximum absolute atomic E-state index is 12.5. The fraction of sp³-hybridized carbons (Fsp3) is 0.222. The molecule has 0 heterocycles. The van der Waals surface area contributed by atoms with E-state index in [4.69, 9.17) is 11.6 Å². The number of rotatable bonds is 4. The molecule has 1 aliphatic carbocycles. The predicted molar refractivity (Wildman–Crippen MR) is 90.6 cm³/mol. The molecule has 23 heavy (non-hydrogen) atoms. The number of amides is 2. The van der Waals surface area contributed by atoms with Gasteiger partial charge in [-0.2, -0.15) is 0 Å². The summed E-state index contributed by atoms with van der Waals surface area (Å²) >= 11 is 5.92. The molecule has 2 amide bonds. The Balaban J connectivity index is 1.76. The van der Waals surface area contributed by atoms with E-state index in [0.29, 0.717) is 16.3 Å². The first kappa shape index (κ1) is 15.6. The van der Waals surface area contributed by atoms with Crippen LogP contribution >= 0.6 is 11.6 Å². The molecule has 0 aliphatic heterocycles. The molecule has 1 fully saturated rings. The molecular formula is C18H17ClN2O2. The molecule has 2 aromatic rings. The standard InChI is InChI=1S/C18H17ClN2O2/c1-12(22)20-16-4-2-3-13(11-16)17(23)21-18(9-10-18)14-5-7-15(19)8-6-14/h2-8,11H,9-10H2,1H3,(H,20,22)(H,21,23). The summed E-state index contributed by atoms with van der Waals surface area (Å²) in [7, 11) is 0. The van der Waals surface area contributed by atoms with Crippen molar-refractivity contribution < 1.29 is 9.59 Å². The highest BCUT2D eigenvalue weighted by Crippen LogP contribution is 2.45. The van der Waals surface area contributed by atoms with Gasteiger partial charge in [0.15, 0.2) is 0 Å². The molecule has 0 atom stereocenters. The van der Waals surface area contributed by atoms with Crippen molar-refractivity contribution in [1.29, 1.82) is 0 Å². The summed E-state index contributed by atoms with van der Waals surface area (Å²) in [6.45, 7) is 1.44. The molecule has 0 spiro atoms. The van der Waals surface area contributed by atoms with Crippen molar-refractivity contribution in [2.24, 2.45) is 0 Å². The van der Waals surface area contributed by atoms with Crippen LogP contribution in [0.15, 0.2) is 48.5 Å². The van der Waals surface area contributed by atoms with E-state index in [-0.39, 0.29) is 17.4 Å². The minimum Gasteiger partial charge on any atom is -0.343 e. The Labute approximate surface area is 139 Å². The van der Waals surface area contributed by atoms with Gasteiger partial charge in [-0.05, 0) is 48.7 Å². The van der Waals surface area contributed by atoms with Gasteiger partial charge >= 0.3 is 0 Å². The van der Waals surface area contributed by atoms with Crippen LogP contribution in [0.25, 0.3) is 0 Å². The lowest BCUT2D eigenvalue weighted by Crippen LogP contribution is -2.34. The number of halogens is 1. The van der Waals surface area contributed by atoms with E-state index in [0.717, 1.165) is 18.4 Å². The van der Waals surface area contributed by atoms with E-state index in [1.54, 1.807) is 24.3 Å². The maximum atomic E-state index is 12.5. The fourth-order valence-corrected chi connectivity index (χ4v) is 2.74. The van der Waals surface area contributed by atoms with E-state index in [9.17, 15) is 9.59 Å². The topological polar surface area (TPSA) is 58.2 Å². The van der Waals surface area contributed by atoms with Gasteiger partial charge in [-0.1, -0.05) is 29.8 Å². The third-order valence-electron chi connectivity index (χ3n) is 3.94. The highest BCUT2D eigenvalue weighted by molar-refractivity contribution is 6.30. The van der Waals surface area contributed by atoms with E-state index in [2.05, 4.69) is 10.6 Å². The maximum Gasteiger partial charge on any atom is 0.252 e. The average molecular weight is 329 g/mol. The Morgan fingerprint density at radius 3 is 2.39 bits per heavy atom. The van der Waals surface area contributed by atoms with Crippen LogP contribution in [0.4, 0.5) is 5.69 Å². The summed E-state index contributed by atoms with van der Waals surface area (Å²) in [6.07, 6.45) is 1.82. The molecule has 0 radical (unpaired) electrons. The van der Waals surface area contributed by atoms with Crippen LogP contribution in [-0.4, -0.2) is 11.8 Å². The summed E-state index contributed by atoms with van der Waals surface area (Å²) in [6, 6.07) is 14.5. The molecule has 118 valence electrons. The van der Waals surface area contributed by atoms with Crippen LogP contribution in [0.5, 0.6) is 0 Å². The number of carbonyl (C=O) groups excluding carboxylic acids is 2. The van der Waals surface area contributed by atoms with Crippen LogP contribution in [-0.2, 0) is 10.3 Å². The summed E-state index contributed by atoms with van der Waals surface area (Å²) in [5, 5.41) is 6.47. The first-order chi connectivity index (χ1) is 11.0. The molecule has 5 heteroatoms. The zero-order chi connectivity index (χ0) is 16.4. The molecule has 3 rings (SSSR count). The van der Waals surface area contributed by atoms with Crippen molar-refractivity contribution in [2.75, 3.05) is 5.32 Å². The Bertz CT molecular complexity index is 752. The van der Waals surface area contributed by atoms with Crippen molar-refractivity contribution in [3.63, 3.8) is 0 Å². The lowest BCUT2D eigenvalue weighted by molar-refractivity contribution is -0.114. The molecular weight excluding hydrogens is 312 g/mol. The van der Waals surface area contributed by atoms with Crippen LogP contribution in [0.2, 0.25) is 5.02 Å². The van der Waals surface area contributed by atoms with Gasteiger partial charge in [-0.25, -0.2) is 0 Å². The van der Waals surface area contributed by atoms with E-state index in [1.165, 1.54) is 6.92 Å². The average Bonchev–Trinajstić information content (AvgIpc) is 3.28. The second kappa shape index (κ2) is 6.05. The summed E-state index contributed by atoms with van der Waals surface area (Å²) in [5.74, 6) is -0.313.